The molecule has 9 heteroatoms. The Labute approximate surface area is 189 Å². The van der Waals surface area contributed by atoms with E-state index >= 15 is 0 Å². The molecule has 6 rings (SSSR count). The fourth-order valence-electron chi connectivity index (χ4n) is 6.62. The first-order valence-corrected chi connectivity index (χ1v) is 11.1. The van der Waals surface area contributed by atoms with E-state index in [1.165, 1.54) is 18.2 Å². The molecule has 4 heterocycles. The van der Waals surface area contributed by atoms with Gasteiger partial charge in [0.1, 0.15) is 5.54 Å². The van der Waals surface area contributed by atoms with Gasteiger partial charge < -0.3 is 5.32 Å². The van der Waals surface area contributed by atoms with Crippen molar-refractivity contribution in [1.29, 1.82) is 0 Å². The van der Waals surface area contributed by atoms with Crippen molar-refractivity contribution in [3.63, 3.8) is 0 Å². The molecule has 1 N–H and O–H groups in total. The normalized spacial score (nSPS) is 30.1. The van der Waals surface area contributed by atoms with E-state index in [0.29, 0.717) is 17.8 Å². The predicted molar refractivity (Wildman–Crippen MR) is 119 cm³/mol. The van der Waals surface area contributed by atoms with Crippen molar-refractivity contribution in [3.05, 3.63) is 63.2 Å². The van der Waals surface area contributed by atoms with Crippen LogP contribution < -0.4 is 10.2 Å². The lowest BCUT2D eigenvalue weighted by atomic mass is 9.75. The van der Waals surface area contributed by atoms with Crippen molar-refractivity contribution in [2.75, 3.05) is 16.8 Å². The molecule has 4 atom stereocenters. The molecule has 33 heavy (non-hydrogen) atoms. The van der Waals surface area contributed by atoms with Crippen molar-refractivity contribution in [1.82, 2.24) is 4.90 Å². The Morgan fingerprint density at radius 2 is 1.88 bits per heavy atom. The van der Waals surface area contributed by atoms with Gasteiger partial charge in [0.15, 0.2) is 0 Å². The predicted octanol–water partition coefficient (Wildman–Crippen LogP) is 2.64. The van der Waals surface area contributed by atoms with Crippen molar-refractivity contribution in [3.8, 4) is 0 Å². The summed E-state index contributed by atoms with van der Waals surface area (Å²) in [5.74, 6) is -2.47. The van der Waals surface area contributed by atoms with Crippen LogP contribution in [0.1, 0.15) is 29.5 Å². The third-order valence-corrected chi connectivity index (χ3v) is 7.87. The van der Waals surface area contributed by atoms with Crippen LogP contribution >= 0.6 is 0 Å². The highest BCUT2D eigenvalue weighted by Gasteiger charge is 2.74. The lowest BCUT2D eigenvalue weighted by Gasteiger charge is -2.36. The van der Waals surface area contributed by atoms with Gasteiger partial charge in [0, 0.05) is 29.4 Å². The smallest absolute Gasteiger partial charge is 0.269 e. The summed E-state index contributed by atoms with van der Waals surface area (Å²) in [6, 6.07) is 9.60. The van der Waals surface area contributed by atoms with E-state index in [1.807, 2.05) is 25.1 Å². The molecule has 4 unspecified atom stereocenters. The Balaban J connectivity index is 1.53. The molecule has 4 aliphatic rings. The number of nitro groups is 1. The molecule has 1 spiro atoms. The zero-order chi connectivity index (χ0) is 23.2. The largest absolute Gasteiger partial charge is 0.324 e. The van der Waals surface area contributed by atoms with E-state index in [9.17, 15) is 24.5 Å². The van der Waals surface area contributed by atoms with Crippen LogP contribution in [0.3, 0.4) is 0 Å². The van der Waals surface area contributed by atoms with Crippen LogP contribution in [0.2, 0.25) is 0 Å². The van der Waals surface area contributed by atoms with Crippen LogP contribution in [0.15, 0.2) is 36.4 Å². The van der Waals surface area contributed by atoms with Gasteiger partial charge in [-0.05, 0) is 50.4 Å². The number of non-ortho nitro benzene ring substituents is 1. The number of benzene rings is 2. The molecule has 4 aliphatic heterocycles. The first-order chi connectivity index (χ1) is 15.8. The minimum Gasteiger partial charge on any atom is -0.324 e. The minimum absolute atomic E-state index is 0.103. The quantitative estimate of drug-likeness (QED) is 0.431. The molecule has 0 radical (unpaired) electrons. The Bertz CT molecular complexity index is 1290. The van der Waals surface area contributed by atoms with Gasteiger partial charge in [0.25, 0.3) is 5.69 Å². The molecule has 0 aliphatic carbocycles. The zero-order valence-electron chi connectivity index (χ0n) is 18.2. The van der Waals surface area contributed by atoms with Crippen molar-refractivity contribution < 1.29 is 19.3 Å². The Morgan fingerprint density at radius 1 is 1.09 bits per heavy atom. The number of para-hydroxylation sites is 1. The summed E-state index contributed by atoms with van der Waals surface area (Å²) in [5.41, 5.74) is 1.88. The fourth-order valence-corrected chi connectivity index (χ4v) is 6.62. The summed E-state index contributed by atoms with van der Waals surface area (Å²) >= 11 is 0. The van der Waals surface area contributed by atoms with E-state index < -0.39 is 28.2 Å². The summed E-state index contributed by atoms with van der Waals surface area (Å²) in [6.07, 6.45) is 1.59. The second-order valence-electron chi connectivity index (χ2n) is 9.36. The maximum atomic E-state index is 14.0. The van der Waals surface area contributed by atoms with E-state index in [2.05, 4.69) is 10.2 Å². The van der Waals surface area contributed by atoms with Crippen molar-refractivity contribution >= 4 is 34.8 Å². The van der Waals surface area contributed by atoms with Crippen LogP contribution in [0, 0.1) is 35.8 Å². The molecular weight excluding hydrogens is 424 g/mol. The van der Waals surface area contributed by atoms with Gasteiger partial charge in [-0.25, -0.2) is 4.90 Å². The summed E-state index contributed by atoms with van der Waals surface area (Å²) in [4.78, 5) is 55.3. The maximum Gasteiger partial charge on any atom is 0.269 e. The van der Waals surface area contributed by atoms with Gasteiger partial charge in [-0.1, -0.05) is 18.2 Å². The van der Waals surface area contributed by atoms with Crippen LogP contribution in [0.25, 0.3) is 0 Å². The molecule has 0 saturated carbocycles. The van der Waals surface area contributed by atoms with Crippen LogP contribution in [0.5, 0.6) is 0 Å². The maximum absolute atomic E-state index is 14.0. The Hall–Kier alpha value is -3.59. The van der Waals surface area contributed by atoms with Crippen LogP contribution in [0.4, 0.5) is 17.1 Å². The molecule has 9 nitrogen and oxygen atoms in total. The van der Waals surface area contributed by atoms with E-state index in [0.717, 1.165) is 34.6 Å². The number of carbonyl (C=O) groups excluding carboxylic acids is 3. The topological polar surface area (TPSA) is 113 Å². The fraction of sp³-hybridized carbons (Fsp3) is 0.375. The van der Waals surface area contributed by atoms with Crippen LogP contribution in [-0.2, 0) is 19.9 Å². The van der Waals surface area contributed by atoms with Gasteiger partial charge in [-0.15, -0.1) is 0 Å². The number of hydrogen-bond acceptors (Lipinski definition) is 6. The highest BCUT2D eigenvalue weighted by molar-refractivity contribution is 6.26. The molecule has 2 aromatic rings. The molecule has 3 fully saturated rings. The van der Waals surface area contributed by atoms with Gasteiger partial charge in [-0.2, -0.15) is 0 Å². The van der Waals surface area contributed by atoms with Gasteiger partial charge in [0.05, 0.1) is 22.4 Å². The standard InChI is InChI=1S/C24H22N4O5/c1-12-5-3-6-15-20(12)25-23(31)24(15)19-18(17-7-4-10-26(17)24)21(29)27(22(19)30)16-9-8-14(28(32)33)11-13(16)2/h3,5-6,8-9,11,17-19H,4,7,10H2,1-2H3,(H,25,31). The molecule has 0 aromatic heterocycles. The number of aryl methyl sites for hydroxylation is 2. The third kappa shape index (κ3) is 2.27. The number of fused-ring (bicyclic) bond motifs is 7. The first kappa shape index (κ1) is 20.0. The van der Waals surface area contributed by atoms with E-state index in [-0.39, 0.29) is 23.5 Å². The summed E-state index contributed by atoms with van der Waals surface area (Å²) in [5, 5.41) is 14.2. The second kappa shape index (κ2) is 6.48. The molecule has 168 valence electrons. The summed E-state index contributed by atoms with van der Waals surface area (Å²) in [7, 11) is 0. The van der Waals surface area contributed by atoms with Gasteiger partial charge in [-0.3, -0.25) is 29.4 Å². The number of amides is 3. The highest BCUT2D eigenvalue weighted by Crippen LogP contribution is 2.61. The van der Waals surface area contributed by atoms with Gasteiger partial charge >= 0.3 is 0 Å². The number of nitrogens with one attached hydrogen (secondary N) is 1. The number of rotatable bonds is 2. The zero-order valence-corrected chi connectivity index (χ0v) is 18.2. The molecular formula is C24H22N4O5. The van der Waals surface area contributed by atoms with E-state index in [1.54, 1.807) is 6.92 Å². The summed E-state index contributed by atoms with van der Waals surface area (Å²) in [6.45, 7) is 4.21. The molecule has 3 saturated heterocycles. The third-order valence-electron chi connectivity index (χ3n) is 7.87. The highest BCUT2D eigenvalue weighted by atomic mass is 16.6. The van der Waals surface area contributed by atoms with E-state index in [4.69, 9.17) is 0 Å². The molecule has 3 amide bonds. The minimum atomic E-state index is -1.22. The number of hydrogen-bond donors (Lipinski definition) is 1. The van der Waals surface area contributed by atoms with Crippen molar-refractivity contribution in [2.24, 2.45) is 11.8 Å². The molecule has 0 bridgehead atoms. The lowest BCUT2D eigenvalue weighted by Crippen LogP contribution is -2.54. The first-order valence-electron chi connectivity index (χ1n) is 11.1. The van der Waals surface area contributed by atoms with Gasteiger partial charge in [0.2, 0.25) is 17.7 Å². The number of nitrogens with zero attached hydrogens (tertiary/aromatic N) is 3. The Morgan fingerprint density at radius 3 is 2.61 bits per heavy atom. The number of carbonyl (C=O) groups is 3. The monoisotopic (exact) mass is 446 g/mol. The van der Waals surface area contributed by atoms with Crippen molar-refractivity contribution in [2.45, 2.75) is 38.3 Å². The number of imide groups is 1. The lowest BCUT2D eigenvalue weighted by molar-refractivity contribution is -0.384. The Kier molecular flexibility index (Phi) is 3.93. The average molecular weight is 446 g/mol. The molecule has 2 aromatic carbocycles. The average Bonchev–Trinajstić information content (AvgIpc) is 3.48. The number of nitro benzene ring substituents is 1. The second-order valence-corrected chi connectivity index (χ2v) is 9.36. The summed E-state index contributed by atoms with van der Waals surface area (Å²) < 4.78 is 0. The SMILES string of the molecule is Cc1cc([N+](=O)[O-])ccc1N1C(=O)C2C3CCCN3C3(C(=O)Nc4c(C)cccc43)C2C1=O. The number of anilines is 2. The van der Waals surface area contributed by atoms with Crippen LogP contribution in [-0.4, -0.2) is 40.1 Å².